The Morgan fingerprint density at radius 3 is 2.53 bits per heavy atom. The minimum Gasteiger partial charge on any atom is -0.326 e. The van der Waals surface area contributed by atoms with Gasteiger partial charge in [-0.1, -0.05) is 20.8 Å². The summed E-state index contributed by atoms with van der Waals surface area (Å²) in [6, 6.07) is 6.48. The van der Waals surface area contributed by atoms with E-state index in [9.17, 15) is 13.2 Å². The van der Waals surface area contributed by atoms with Gasteiger partial charge in [0.25, 0.3) is 0 Å². The lowest BCUT2D eigenvalue weighted by molar-refractivity contribution is -0.116. The predicted molar refractivity (Wildman–Crippen MR) is 127 cm³/mol. The summed E-state index contributed by atoms with van der Waals surface area (Å²) in [5.74, 6) is 0.789. The van der Waals surface area contributed by atoms with Crippen LogP contribution in [0.15, 0.2) is 29.2 Å². The first-order valence-corrected chi connectivity index (χ1v) is 12.9. The second-order valence-electron chi connectivity index (χ2n) is 9.41. The molecule has 1 amide bonds. The highest BCUT2D eigenvalue weighted by Gasteiger charge is 2.28. The van der Waals surface area contributed by atoms with E-state index >= 15 is 0 Å². The van der Waals surface area contributed by atoms with Gasteiger partial charge in [0.2, 0.25) is 15.9 Å². The first-order valence-electron chi connectivity index (χ1n) is 11.5. The molecule has 176 valence electrons. The summed E-state index contributed by atoms with van der Waals surface area (Å²) in [7, 11) is -3.49. The Labute approximate surface area is 192 Å². The van der Waals surface area contributed by atoms with E-state index in [2.05, 4.69) is 38.1 Å². The van der Waals surface area contributed by atoms with Gasteiger partial charge in [-0.15, -0.1) is 0 Å². The molecule has 1 aromatic carbocycles. The van der Waals surface area contributed by atoms with Crippen molar-refractivity contribution in [2.24, 2.45) is 11.8 Å². The highest BCUT2D eigenvalue weighted by molar-refractivity contribution is 7.89. The number of nitrogens with zero attached hydrogens (tertiary/aromatic N) is 3. The van der Waals surface area contributed by atoms with Gasteiger partial charge in [-0.2, -0.15) is 9.40 Å². The third-order valence-corrected chi connectivity index (χ3v) is 7.95. The highest BCUT2D eigenvalue weighted by Crippen LogP contribution is 2.24. The minimum absolute atomic E-state index is 0.0964. The molecule has 1 N–H and O–H groups in total. The SMILES string of the molecule is Cc1nn(CC(C)C)c(C)c1CCC(=O)Nc1ccc(S(=O)(=O)N2CCCC(C)C2)cc1. The van der Waals surface area contributed by atoms with Crippen LogP contribution in [0.5, 0.6) is 0 Å². The van der Waals surface area contributed by atoms with Crippen molar-refractivity contribution in [3.63, 3.8) is 0 Å². The van der Waals surface area contributed by atoms with Gasteiger partial charge in [-0.05, 0) is 74.8 Å². The summed E-state index contributed by atoms with van der Waals surface area (Å²) < 4.78 is 29.4. The van der Waals surface area contributed by atoms with Crippen LogP contribution < -0.4 is 5.32 Å². The molecule has 32 heavy (non-hydrogen) atoms. The second kappa shape index (κ2) is 10.2. The molecule has 2 aromatic rings. The molecule has 8 heteroatoms. The van der Waals surface area contributed by atoms with Crippen molar-refractivity contribution in [1.29, 1.82) is 0 Å². The van der Waals surface area contributed by atoms with Gasteiger partial charge < -0.3 is 5.32 Å². The topological polar surface area (TPSA) is 84.3 Å². The van der Waals surface area contributed by atoms with Crippen LogP contribution in [-0.2, 0) is 27.8 Å². The van der Waals surface area contributed by atoms with Crippen molar-refractivity contribution < 1.29 is 13.2 Å². The number of amides is 1. The highest BCUT2D eigenvalue weighted by atomic mass is 32.2. The Balaban J connectivity index is 1.59. The molecule has 7 nitrogen and oxygen atoms in total. The molecule has 1 atom stereocenters. The Bertz CT molecular complexity index is 1040. The van der Waals surface area contributed by atoms with Crippen LogP contribution in [0.25, 0.3) is 0 Å². The molecule has 0 bridgehead atoms. The molecule has 0 radical (unpaired) electrons. The average molecular weight is 461 g/mol. The molecule has 1 saturated heterocycles. The Morgan fingerprint density at radius 2 is 1.91 bits per heavy atom. The number of hydrogen-bond acceptors (Lipinski definition) is 4. The van der Waals surface area contributed by atoms with Crippen LogP contribution in [0.3, 0.4) is 0 Å². The number of carbonyl (C=O) groups excluding carboxylic acids is 1. The van der Waals surface area contributed by atoms with Crippen LogP contribution in [0.4, 0.5) is 5.69 Å². The Morgan fingerprint density at radius 1 is 1.22 bits per heavy atom. The monoisotopic (exact) mass is 460 g/mol. The average Bonchev–Trinajstić information content (AvgIpc) is 2.99. The van der Waals surface area contributed by atoms with E-state index < -0.39 is 10.0 Å². The molecular weight excluding hydrogens is 424 g/mol. The smallest absolute Gasteiger partial charge is 0.243 e. The van der Waals surface area contributed by atoms with Crippen molar-refractivity contribution in [2.45, 2.75) is 71.7 Å². The molecule has 0 spiro atoms. The van der Waals surface area contributed by atoms with E-state index in [1.165, 1.54) is 0 Å². The minimum atomic E-state index is -3.49. The first-order chi connectivity index (χ1) is 15.1. The molecule has 1 aromatic heterocycles. The summed E-state index contributed by atoms with van der Waals surface area (Å²) in [6.07, 6.45) is 2.93. The quantitative estimate of drug-likeness (QED) is 0.641. The number of benzene rings is 1. The molecule has 0 saturated carbocycles. The lowest BCUT2D eigenvalue weighted by atomic mass is 10.0. The predicted octanol–water partition coefficient (Wildman–Crippen LogP) is 4.15. The van der Waals surface area contributed by atoms with Gasteiger partial charge in [0.05, 0.1) is 10.6 Å². The lowest BCUT2D eigenvalue weighted by Gasteiger charge is -2.30. The van der Waals surface area contributed by atoms with E-state index in [0.717, 1.165) is 36.3 Å². The molecule has 0 aliphatic carbocycles. The normalized spacial score (nSPS) is 17.6. The van der Waals surface area contributed by atoms with Crippen LogP contribution in [0, 0.1) is 25.7 Å². The number of rotatable bonds is 8. The van der Waals surface area contributed by atoms with Crippen LogP contribution >= 0.6 is 0 Å². The second-order valence-corrected chi connectivity index (χ2v) is 11.3. The third-order valence-electron chi connectivity index (χ3n) is 6.07. The van der Waals surface area contributed by atoms with E-state index in [1.54, 1.807) is 28.6 Å². The van der Waals surface area contributed by atoms with Crippen molar-refractivity contribution in [1.82, 2.24) is 14.1 Å². The van der Waals surface area contributed by atoms with E-state index in [1.807, 2.05) is 11.6 Å². The fraction of sp³-hybridized carbons (Fsp3) is 0.583. The molecule has 1 unspecified atom stereocenters. The molecule has 1 aliphatic heterocycles. The van der Waals surface area contributed by atoms with Gasteiger partial charge in [-0.25, -0.2) is 8.42 Å². The van der Waals surface area contributed by atoms with E-state index in [0.29, 0.717) is 43.5 Å². The maximum absolute atomic E-state index is 12.9. The summed E-state index contributed by atoms with van der Waals surface area (Å²) in [5.41, 5.74) is 3.81. The van der Waals surface area contributed by atoms with Gasteiger partial charge >= 0.3 is 0 Å². The van der Waals surface area contributed by atoms with Crippen molar-refractivity contribution in [3.8, 4) is 0 Å². The number of piperidine rings is 1. The zero-order valence-corrected chi connectivity index (χ0v) is 20.7. The fourth-order valence-corrected chi connectivity index (χ4v) is 5.90. The molecule has 3 rings (SSSR count). The van der Waals surface area contributed by atoms with Gasteiger partial charge in [0.15, 0.2) is 0 Å². The van der Waals surface area contributed by atoms with Crippen molar-refractivity contribution >= 4 is 21.6 Å². The van der Waals surface area contributed by atoms with E-state index in [-0.39, 0.29) is 10.8 Å². The van der Waals surface area contributed by atoms with Crippen LogP contribution in [0.2, 0.25) is 0 Å². The molecule has 2 heterocycles. The number of carbonyl (C=O) groups is 1. The zero-order chi connectivity index (χ0) is 23.5. The lowest BCUT2D eigenvalue weighted by Crippen LogP contribution is -2.39. The van der Waals surface area contributed by atoms with Crippen molar-refractivity contribution in [3.05, 3.63) is 41.2 Å². The standard InChI is InChI=1S/C24H36N4O3S/c1-17(2)15-28-20(5)23(19(4)26-28)12-13-24(29)25-21-8-10-22(11-9-21)32(30,31)27-14-6-7-18(3)16-27/h8-11,17-18H,6-7,12-16H2,1-5H3,(H,25,29). The zero-order valence-electron chi connectivity index (χ0n) is 19.9. The number of anilines is 1. The summed E-state index contributed by atoms with van der Waals surface area (Å²) >= 11 is 0. The molecular formula is C24H36N4O3S. The fourth-order valence-electron chi connectivity index (χ4n) is 4.31. The Hall–Kier alpha value is -2.19. The summed E-state index contributed by atoms with van der Waals surface area (Å²) in [4.78, 5) is 12.8. The van der Waals surface area contributed by atoms with Crippen molar-refractivity contribution in [2.75, 3.05) is 18.4 Å². The largest absolute Gasteiger partial charge is 0.326 e. The number of aryl methyl sites for hydroxylation is 1. The first kappa shape index (κ1) is 24.5. The number of aromatic nitrogens is 2. The number of sulfonamides is 1. The number of nitrogens with one attached hydrogen (secondary N) is 1. The van der Waals surface area contributed by atoms with Gasteiger partial charge in [0.1, 0.15) is 0 Å². The third kappa shape index (κ3) is 5.78. The van der Waals surface area contributed by atoms with Crippen LogP contribution in [-0.4, -0.2) is 41.5 Å². The number of hydrogen-bond donors (Lipinski definition) is 1. The molecule has 1 aliphatic rings. The maximum Gasteiger partial charge on any atom is 0.243 e. The summed E-state index contributed by atoms with van der Waals surface area (Å²) in [5, 5.41) is 7.49. The van der Waals surface area contributed by atoms with E-state index in [4.69, 9.17) is 0 Å². The van der Waals surface area contributed by atoms with Crippen LogP contribution in [0.1, 0.15) is 57.0 Å². The van der Waals surface area contributed by atoms with Gasteiger partial charge in [-0.3, -0.25) is 9.48 Å². The van der Waals surface area contributed by atoms with Gasteiger partial charge in [0, 0.05) is 37.4 Å². The molecule has 1 fully saturated rings. The summed E-state index contributed by atoms with van der Waals surface area (Å²) in [6.45, 7) is 12.4. The maximum atomic E-state index is 12.9. The Kier molecular flexibility index (Phi) is 7.77.